The van der Waals surface area contributed by atoms with Crippen molar-refractivity contribution in [3.05, 3.63) is 137 Å². The van der Waals surface area contributed by atoms with Gasteiger partial charge in [0.1, 0.15) is 30.3 Å². The van der Waals surface area contributed by atoms with Gasteiger partial charge in [0.05, 0.1) is 30.2 Å². The van der Waals surface area contributed by atoms with Gasteiger partial charge in [0, 0.05) is 105 Å². The molecule has 4 aromatic carbocycles. The maximum Gasteiger partial charge on any atom is 0.415 e. The van der Waals surface area contributed by atoms with Crippen LogP contribution in [-0.2, 0) is 35.3 Å². The minimum Gasteiger partial charge on any atom is -0.448 e. The van der Waals surface area contributed by atoms with Crippen LogP contribution in [-0.4, -0.2) is 150 Å². The standard InChI is InChI=1S/C62H68ClN11O13/c1-35(2)54(70-60(82)85-26-25-73-50(76)20-21-51(73)77)48(75)29-40(10-8-22-65-59(64)81)57(79)67-43-18-14-38(15-19-43)34-86-61(83)71(5)23-24-72(6)62(84)87-49-30-47-53(52-37(4)9-7-11-45(49)52)42(31-63)33-74(47)58(80)46-28-41-27-44(32-66-55(41)69-46)68-56(78)39-16-12-36(3)13-17-39/h7,9,11-21,27-28,30,32,35,40,42,54H,8,10,22-26,29,31,33-34H2,1-6H3,(H,66,69)(H,67,79)(H,68,78)(H,70,82)(H3,64,65,81)/t40-,42-,54+/m1/s1. The Morgan fingerprint density at radius 2 is 1.55 bits per heavy atom. The van der Waals surface area contributed by atoms with Gasteiger partial charge in [-0.3, -0.25) is 33.7 Å². The number of aryl methyl sites for hydroxylation is 2. The highest BCUT2D eigenvalue weighted by Gasteiger charge is 2.37. The zero-order valence-electron chi connectivity index (χ0n) is 48.9. The summed E-state index contributed by atoms with van der Waals surface area (Å²) in [6, 6.07) is 22.5. The number of amides is 10. The number of primary amides is 1. The molecule has 10 amide bonds. The molecule has 4 heterocycles. The molecule has 456 valence electrons. The van der Waals surface area contributed by atoms with Gasteiger partial charge >= 0.3 is 24.3 Å². The SMILES string of the molecule is Cc1ccc(C(=O)Nc2cnc3[nH]c(C(=O)N4C[C@@H](CCl)c5c4cc(OC(=O)N(C)CCN(C)C(=O)OCc4ccc(NC(=O)[C@H](CCCNC(N)=O)CC(=O)[C@@H](NC(=O)OCCN6C(=O)C=CC6=O)C(C)C)cc4)c4cccc(C)c54)cc3c2)cc1. The van der Waals surface area contributed by atoms with Crippen molar-refractivity contribution >= 4 is 110 Å². The Morgan fingerprint density at radius 3 is 2.23 bits per heavy atom. The predicted molar refractivity (Wildman–Crippen MR) is 324 cm³/mol. The molecule has 6 aromatic rings. The molecule has 2 aliphatic heterocycles. The molecule has 0 spiro atoms. The summed E-state index contributed by atoms with van der Waals surface area (Å²) in [6.07, 6.45) is 1.54. The number of alkyl carbamates (subject to hydrolysis) is 1. The van der Waals surface area contributed by atoms with Gasteiger partial charge in [0.25, 0.3) is 23.6 Å². The van der Waals surface area contributed by atoms with Crippen molar-refractivity contribution < 1.29 is 62.2 Å². The number of rotatable bonds is 24. The van der Waals surface area contributed by atoms with Gasteiger partial charge in [0.15, 0.2) is 5.78 Å². The number of fused-ring (bicyclic) bond motifs is 4. The van der Waals surface area contributed by atoms with Crippen molar-refractivity contribution in [3.8, 4) is 5.75 Å². The summed E-state index contributed by atoms with van der Waals surface area (Å²) in [6.45, 7) is 7.15. The zero-order chi connectivity index (χ0) is 62.6. The Bertz CT molecular complexity index is 3650. The number of nitrogens with one attached hydrogen (secondary N) is 5. The maximum atomic E-state index is 14.5. The molecule has 7 N–H and O–H groups in total. The molecule has 25 heteroatoms. The highest BCUT2D eigenvalue weighted by atomic mass is 35.5. The number of halogens is 1. The first-order chi connectivity index (χ1) is 41.6. The minimum absolute atomic E-state index is 0.0478. The van der Waals surface area contributed by atoms with Gasteiger partial charge in [0.2, 0.25) is 5.91 Å². The maximum absolute atomic E-state index is 14.5. The smallest absolute Gasteiger partial charge is 0.415 e. The number of nitrogens with zero attached hydrogens (tertiary/aromatic N) is 5. The van der Waals surface area contributed by atoms with Gasteiger partial charge in [-0.25, -0.2) is 24.2 Å². The summed E-state index contributed by atoms with van der Waals surface area (Å²) < 4.78 is 16.8. The Kier molecular flexibility index (Phi) is 20.6. The van der Waals surface area contributed by atoms with E-state index in [2.05, 4.69) is 31.2 Å². The summed E-state index contributed by atoms with van der Waals surface area (Å²) >= 11 is 6.61. The average molecular weight is 1210 g/mol. The normalized spacial score (nSPS) is 14.1. The molecule has 3 atom stereocenters. The first kappa shape index (κ1) is 63.2. The molecule has 2 aliphatic rings. The van der Waals surface area contributed by atoms with Gasteiger partial charge in [-0.2, -0.15) is 0 Å². The number of hydrogen-bond donors (Lipinski definition) is 6. The molecular weight excluding hydrogens is 1140 g/mol. The van der Waals surface area contributed by atoms with Crippen LogP contribution in [0.15, 0.2) is 103 Å². The van der Waals surface area contributed by atoms with E-state index in [9.17, 15) is 47.9 Å². The van der Waals surface area contributed by atoms with E-state index in [4.69, 9.17) is 31.5 Å². The number of benzene rings is 4. The number of pyridine rings is 1. The third kappa shape index (κ3) is 15.7. The molecule has 24 nitrogen and oxygen atoms in total. The Balaban J connectivity index is 0.844. The van der Waals surface area contributed by atoms with Crippen LogP contribution in [0.4, 0.5) is 36.2 Å². The van der Waals surface area contributed by atoms with Gasteiger partial charge in [-0.15, -0.1) is 11.6 Å². The highest BCUT2D eigenvalue weighted by molar-refractivity contribution is 6.19. The number of urea groups is 1. The van der Waals surface area contributed by atoms with E-state index in [0.29, 0.717) is 51.0 Å². The van der Waals surface area contributed by atoms with E-state index < -0.39 is 65.7 Å². The van der Waals surface area contributed by atoms with Crippen molar-refractivity contribution in [1.29, 1.82) is 0 Å². The number of hydrogen-bond acceptors (Lipinski definition) is 14. The third-order valence-electron chi connectivity index (χ3n) is 14.9. The monoisotopic (exact) mass is 1210 g/mol. The number of imide groups is 1. The first-order valence-corrected chi connectivity index (χ1v) is 28.7. The fourth-order valence-corrected chi connectivity index (χ4v) is 10.4. The molecule has 0 bridgehead atoms. The molecule has 0 unspecified atom stereocenters. The lowest BCUT2D eigenvalue weighted by Gasteiger charge is -2.24. The van der Waals surface area contributed by atoms with Crippen LogP contribution in [0.3, 0.4) is 0 Å². The van der Waals surface area contributed by atoms with Crippen molar-refractivity contribution in [2.75, 3.05) is 74.8 Å². The number of aromatic nitrogens is 2. The molecular formula is C62H68ClN11O13. The van der Waals surface area contributed by atoms with Crippen molar-refractivity contribution in [3.63, 3.8) is 0 Å². The summed E-state index contributed by atoms with van der Waals surface area (Å²) in [5.74, 6) is -3.87. The molecule has 0 saturated carbocycles. The number of carbonyl (C=O) groups is 10. The molecule has 8 rings (SSSR count). The van der Waals surface area contributed by atoms with Crippen LogP contribution in [0.5, 0.6) is 5.75 Å². The minimum atomic E-state index is -1.05. The lowest BCUT2D eigenvalue weighted by Crippen LogP contribution is -2.46. The van der Waals surface area contributed by atoms with Gasteiger partial charge < -0.3 is 60.9 Å². The predicted octanol–water partition coefficient (Wildman–Crippen LogP) is 7.91. The number of Topliss-reactive ketones (excluding diaryl/α,β-unsaturated/α-hetero) is 1. The largest absolute Gasteiger partial charge is 0.448 e. The summed E-state index contributed by atoms with van der Waals surface area (Å²) in [4.78, 5) is 142. The fraction of sp³-hybridized carbons (Fsp3) is 0.339. The van der Waals surface area contributed by atoms with Gasteiger partial charge in [-0.05, 0) is 91.1 Å². The first-order valence-electron chi connectivity index (χ1n) is 28.1. The second kappa shape index (κ2) is 28.4. The average Bonchev–Trinajstić information content (AvgIpc) is 1.70. The van der Waals surface area contributed by atoms with E-state index in [-0.39, 0.29) is 93.8 Å². The summed E-state index contributed by atoms with van der Waals surface area (Å²) in [7, 11) is 3.04. The summed E-state index contributed by atoms with van der Waals surface area (Å²) in [5, 5.41) is 12.7. The number of nitrogens with two attached hydrogens (primary N) is 1. The van der Waals surface area contributed by atoms with E-state index >= 15 is 0 Å². The number of alkyl halides is 1. The van der Waals surface area contributed by atoms with E-state index in [1.807, 2.05) is 44.2 Å². The molecule has 0 radical (unpaired) electrons. The number of aromatic amines is 1. The van der Waals surface area contributed by atoms with Crippen molar-refractivity contribution in [2.45, 2.75) is 65.5 Å². The number of H-pyrrole nitrogens is 1. The molecule has 0 fully saturated rings. The zero-order valence-corrected chi connectivity index (χ0v) is 49.7. The lowest BCUT2D eigenvalue weighted by molar-refractivity contribution is -0.137. The van der Waals surface area contributed by atoms with Crippen molar-refractivity contribution in [1.82, 2.24) is 35.3 Å². The van der Waals surface area contributed by atoms with E-state index in [1.165, 1.54) is 30.1 Å². The van der Waals surface area contributed by atoms with Crippen LogP contribution < -0.4 is 36.6 Å². The molecule has 2 aromatic heterocycles. The number of ketones is 1. The lowest BCUT2D eigenvalue weighted by atomic mass is 9.89. The Labute approximate surface area is 506 Å². The second-order valence-corrected chi connectivity index (χ2v) is 22.0. The Morgan fingerprint density at radius 1 is 0.851 bits per heavy atom. The molecule has 0 saturated heterocycles. The molecule has 0 aliphatic carbocycles. The third-order valence-corrected chi connectivity index (χ3v) is 15.3. The molecule has 87 heavy (non-hydrogen) atoms. The van der Waals surface area contributed by atoms with Crippen LogP contribution in [0.1, 0.15) is 82.1 Å². The Hall–Kier alpha value is -9.84. The van der Waals surface area contributed by atoms with Crippen LogP contribution >= 0.6 is 11.6 Å². The fourth-order valence-electron chi connectivity index (χ4n) is 10.1. The number of anilines is 3. The second-order valence-electron chi connectivity index (χ2n) is 21.7. The summed E-state index contributed by atoms with van der Waals surface area (Å²) in [5.41, 5.74) is 11.1. The van der Waals surface area contributed by atoms with Crippen LogP contribution in [0.25, 0.3) is 21.8 Å². The topological polar surface area (TPSA) is 314 Å². The van der Waals surface area contributed by atoms with E-state index in [1.54, 1.807) is 73.3 Å². The highest BCUT2D eigenvalue weighted by Crippen LogP contribution is 2.47. The number of likely N-dealkylation sites (N-methyl/N-ethyl adjacent to an activating group) is 2. The van der Waals surface area contributed by atoms with Crippen molar-refractivity contribution in [2.24, 2.45) is 17.6 Å². The van der Waals surface area contributed by atoms with Crippen LogP contribution in [0.2, 0.25) is 0 Å². The van der Waals surface area contributed by atoms with E-state index in [0.717, 1.165) is 39.1 Å². The van der Waals surface area contributed by atoms with Gasteiger partial charge in [-0.1, -0.05) is 61.9 Å². The van der Waals surface area contributed by atoms with Crippen LogP contribution in [0, 0.1) is 25.7 Å². The number of ether oxygens (including phenoxy) is 3. The quantitative estimate of drug-likeness (QED) is 0.0191. The number of carbonyl (C=O) groups excluding carboxylic acids is 10.